The summed E-state index contributed by atoms with van der Waals surface area (Å²) >= 11 is 0. The van der Waals surface area contributed by atoms with Gasteiger partial charge < -0.3 is 20.2 Å². The first-order valence-electron chi connectivity index (χ1n) is 12.6. The van der Waals surface area contributed by atoms with Crippen LogP contribution in [-0.2, 0) is 11.8 Å². The molecule has 0 spiro atoms. The summed E-state index contributed by atoms with van der Waals surface area (Å²) in [6, 6.07) is 18.3. The van der Waals surface area contributed by atoms with E-state index in [1.54, 1.807) is 0 Å². The minimum Gasteiger partial charge on any atom is -0.396 e. The van der Waals surface area contributed by atoms with Crippen LogP contribution < -0.4 is 15.1 Å². The maximum atomic E-state index is 9.08. The Morgan fingerprint density at radius 2 is 1.43 bits per heavy atom. The number of piperazine rings is 1. The zero-order valence-corrected chi connectivity index (χ0v) is 21.2. The maximum absolute atomic E-state index is 9.08. The highest BCUT2D eigenvalue weighted by molar-refractivity contribution is 5.54. The van der Waals surface area contributed by atoms with E-state index in [1.165, 1.54) is 11.9 Å². The summed E-state index contributed by atoms with van der Waals surface area (Å²) in [4.78, 5) is 27.0. The SMILES string of the molecule is CC(C)(c1ccccc1)c1cnc(N2CCN(c3ncnc(Nc4ccc(CCO)cc4)n3)CC2)nc1. The molecule has 0 aliphatic carbocycles. The van der Waals surface area contributed by atoms with Gasteiger partial charge in [-0.15, -0.1) is 0 Å². The smallest absolute Gasteiger partial charge is 0.231 e. The third kappa shape index (κ3) is 5.67. The zero-order valence-electron chi connectivity index (χ0n) is 21.2. The Bertz CT molecular complexity index is 1290. The first kappa shape index (κ1) is 24.6. The first-order chi connectivity index (χ1) is 18.0. The van der Waals surface area contributed by atoms with Crippen LogP contribution in [-0.4, -0.2) is 62.8 Å². The molecule has 190 valence electrons. The van der Waals surface area contributed by atoms with Gasteiger partial charge in [-0.25, -0.2) is 19.9 Å². The third-order valence-corrected chi connectivity index (χ3v) is 6.87. The van der Waals surface area contributed by atoms with Crippen molar-refractivity contribution in [3.63, 3.8) is 0 Å². The van der Waals surface area contributed by atoms with Crippen LogP contribution >= 0.6 is 0 Å². The summed E-state index contributed by atoms with van der Waals surface area (Å²) in [5.41, 5.74) is 4.14. The highest BCUT2D eigenvalue weighted by atomic mass is 16.2. The molecule has 0 unspecified atom stereocenters. The van der Waals surface area contributed by atoms with Crippen LogP contribution in [0.5, 0.6) is 0 Å². The molecule has 2 aromatic heterocycles. The number of anilines is 4. The zero-order chi connectivity index (χ0) is 25.7. The summed E-state index contributed by atoms with van der Waals surface area (Å²) in [6.07, 6.45) is 6.07. The molecule has 9 nitrogen and oxygen atoms in total. The van der Waals surface area contributed by atoms with Gasteiger partial charge in [0.1, 0.15) is 6.33 Å². The molecule has 2 aromatic carbocycles. The molecule has 37 heavy (non-hydrogen) atoms. The standard InChI is InChI=1S/C28H32N8O/c1-28(2,22-6-4-3-5-7-22)23-18-29-26(30-19-23)35-13-15-36(16-14-35)27-32-20-31-25(34-27)33-24-10-8-21(9-11-24)12-17-37/h3-11,18-20,37H,12-17H2,1-2H3,(H,31,32,33,34). The van der Waals surface area contributed by atoms with Gasteiger partial charge in [0.2, 0.25) is 17.8 Å². The summed E-state index contributed by atoms with van der Waals surface area (Å²) in [6.45, 7) is 7.62. The quantitative estimate of drug-likeness (QED) is 0.379. The predicted molar refractivity (Wildman–Crippen MR) is 145 cm³/mol. The van der Waals surface area contributed by atoms with E-state index in [0.717, 1.165) is 48.9 Å². The van der Waals surface area contributed by atoms with Crippen molar-refractivity contribution < 1.29 is 5.11 Å². The Morgan fingerprint density at radius 3 is 2.08 bits per heavy atom. The van der Waals surface area contributed by atoms with Gasteiger partial charge in [-0.3, -0.25) is 0 Å². The molecule has 9 heteroatoms. The molecule has 5 rings (SSSR count). The number of hydrogen-bond acceptors (Lipinski definition) is 9. The number of nitrogens with zero attached hydrogens (tertiary/aromatic N) is 7. The molecule has 0 bridgehead atoms. The van der Waals surface area contributed by atoms with E-state index < -0.39 is 0 Å². The molecule has 0 saturated carbocycles. The van der Waals surface area contributed by atoms with Crippen molar-refractivity contribution in [2.75, 3.05) is 47.9 Å². The number of benzene rings is 2. The Morgan fingerprint density at radius 1 is 0.784 bits per heavy atom. The number of aromatic nitrogens is 5. The topological polar surface area (TPSA) is 103 Å². The maximum Gasteiger partial charge on any atom is 0.231 e. The van der Waals surface area contributed by atoms with Gasteiger partial charge >= 0.3 is 0 Å². The normalized spacial score (nSPS) is 14.0. The van der Waals surface area contributed by atoms with E-state index in [-0.39, 0.29) is 12.0 Å². The van der Waals surface area contributed by atoms with Gasteiger partial charge in [-0.1, -0.05) is 56.3 Å². The van der Waals surface area contributed by atoms with Gasteiger partial charge in [0, 0.05) is 56.3 Å². The van der Waals surface area contributed by atoms with E-state index >= 15 is 0 Å². The Labute approximate surface area is 217 Å². The molecule has 1 saturated heterocycles. The molecule has 2 N–H and O–H groups in total. The monoisotopic (exact) mass is 496 g/mol. The van der Waals surface area contributed by atoms with Crippen LogP contribution in [0.4, 0.5) is 23.5 Å². The Balaban J connectivity index is 1.20. The number of hydrogen-bond donors (Lipinski definition) is 2. The fourth-order valence-electron chi connectivity index (χ4n) is 4.45. The van der Waals surface area contributed by atoms with E-state index in [1.807, 2.05) is 42.7 Å². The van der Waals surface area contributed by atoms with Crippen molar-refractivity contribution in [2.45, 2.75) is 25.7 Å². The molecule has 3 heterocycles. The molecule has 0 atom stereocenters. The van der Waals surface area contributed by atoms with E-state index in [0.29, 0.717) is 18.3 Å². The number of aliphatic hydroxyl groups is 1. The molecule has 1 fully saturated rings. The molecule has 1 aliphatic rings. The Hall–Kier alpha value is -4.11. The summed E-state index contributed by atoms with van der Waals surface area (Å²) in [5.74, 6) is 1.90. The van der Waals surface area contributed by atoms with Crippen molar-refractivity contribution in [1.82, 2.24) is 24.9 Å². The van der Waals surface area contributed by atoms with Crippen molar-refractivity contribution in [2.24, 2.45) is 0 Å². The second-order valence-electron chi connectivity index (χ2n) is 9.64. The molecular weight excluding hydrogens is 464 g/mol. The lowest BCUT2D eigenvalue weighted by Gasteiger charge is -2.35. The fraction of sp³-hybridized carbons (Fsp3) is 0.321. The van der Waals surface area contributed by atoms with Crippen LogP contribution in [0.2, 0.25) is 0 Å². The predicted octanol–water partition coefficient (Wildman–Crippen LogP) is 3.59. The molecule has 4 aromatic rings. The summed E-state index contributed by atoms with van der Waals surface area (Å²) < 4.78 is 0. The van der Waals surface area contributed by atoms with Crippen molar-refractivity contribution >= 4 is 23.5 Å². The number of aliphatic hydroxyl groups excluding tert-OH is 1. The molecule has 1 aliphatic heterocycles. The van der Waals surface area contributed by atoms with Gasteiger partial charge in [-0.2, -0.15) is 4.98 Å². The average Bonchev–Trinajstić information content (AvgIpc) is 2.95. The number of nitrogens with one attached hydrogen (secondary N) is 1. The lowest BCUT2D eigenvalue weighted by atomic mass is 9.79. The van der Waals surface area contributed by atoms with E-state index in [4.69, 9.17) is 15.1 Å². The second-order valence-corrected chi connectivity index (χ2v) is 9.64. The van der Waals surface area contributed by atoms with Crippen LogP contribution in [0, 0.1) is 0 Å². The number of rotatable bonds is 8. The minimum absolute atomic E-state index is 0.140. The fourth-order valence-corrected chi connectivity index (χ4v) is 4.45. The van der Waals surface area contributed by atoms with Crippen LogP contribution in [0.1, 0.15) is 30.5 Å². The molecular formula is C28H32N8O. The van der Waals surface area contributed by atoms with E-state index in [2.05, 4.69) is 68.2 Å². The third-order valence-electron chi connectivity index (χ3n) is 6.87. The van der Waals surface area contributed by atoms with Crippen LogP contribution in [0.25, 0.3) is 0 Å². The van der Waals surface area contributed by atoms with Gasteiger partial charge in [0.25, 0.3) is 0 Å². The van der Waals surface area contributed by atoms with Gasteiger partial charge in [0.05, 0.1) is 0 Å². The average molecular weight is 497 g/mol. The van der Waals surface area contributed by atoms with Crippen molar-refractivity contribution in [3.05, 3.63) is 90.0 Å². The summed E-state index contributed by atoms with van der Waals surface area (Å²) in [7, 11) is 0. The highest BCUT2D eigenvalue weighted by Crippen LogP contribution is 2.31. The first-order valence-corrected chi connectivity index (χ1v) is 12.6. The highest BCUT2D eigenvalue weighted by Gasteiger charge is 2.25. The van der Waals surface area contributed by atoms with Crippen molar-refractivity contribution in [1.29, 1.82) is 0 Å². The van der Waals surface area contributed by atoms with Crippen LogP contribution in [0.3, 0.4) is 0 Å². The minimum atomic E-state index is -0.162. The molecule has 0 amide bonds. The lowest BCUT2D eigenvalue weighted by Crippen LogP contribution is -2.47. The van der Waals surface area contributed by atoms with Gasteiger partial charge in [0.15, 0.2) is 0 Å². The molecule has 0 radical (unpaired) electrons. The second kappa shape index (κ2) is 10.9. The van der Waals surface area contributed by atoms with E-state index in [9.17, 15) is 0 Å². The largest absolute Gasteiger partial charge is 0.396 e. The van der Waals surface area contributed by atoms with Crippen molar-refractivity contribution in [3.8, 4) is 0 Å². The lowest BCUT2D eigenvalue weighted by molar-refractivity contribution is 0.299. The summed E-state index contributed by atoms with van der Waals surface area (Å²) in [5, 5.41) is 12.3. The van der Waals surface area contributed by atoms with Gasteiger partial charge in [-0.05, 0) is 35.2 Å². The van der Waals surface area contributed by atoms with Crippen LogP contribution in [0.15, 0.2) is 73.3 Å². The Kier molecular flexibility index (Phi) is 7.23.